The average Bonchev–Trinajstić information content (AvgIpc) is 2.17. The van der Waals surface area contributed by atoms with Gasteiger partial charge in [-0.3, -0.25) is 0 Å². The lowest BCUT2D eigenvalue weighted by molar-refractivity contribution is 0.140. The SMILES string of the molecule is CN(C)CC1CCN(C(=O)N(C)C)CC1. The summed E-state index contributed by atoms with van der Waals surface area (Å²) in [5.41, 5.74) is 0. The molecule has 1 fully saturated rings. The van der Waals surface area contributed by atoms with Crippen molar-refractivity contribution >= 4 is 6.03 Å². The van der Waals surface area contributed by atoms with Gasteiger partial charge in [0.05, 0.1) is 0 Å². The Morgan fingerprint density at radius 2 is 1.73 bits per heavy atom. The summed E-state index contributed by atoms with van der Waals surface area (Å²) in [5, 5.41) is 0. The van der Waals surface area contributed by atoms with Crippen molar-refractivity contribution in [3.8, 4) is 0 Å². The summed E-state index contributed by atoms with van der Waals surface area (Å²) in [6, 6.07) is 0.151. The van der Waals surface area contributed by atoms with Gasteiger partial charge in [-0.05, 0) is 32.9 Å². The maximum absolute atomic E-state index is 11.7. The highest BCUT2D eigenvalue weighted by Crippen LogP contribution is 2.18. The highest BCUT2D eigenvalue weighted by Gasteiger charge is 2.23. The molecule has 1 rings (SSSR count). The lowest BCUT2D eigenvalue weighted by Crippen LogP contribution is -2.45. The summed E-state index contributed by atoms with van der Waals surface area (Å²) in [6.07, 6.45) is 2.27. The second kappa shape index (κ2) is 5.35. The summed E-state index contributed by atoms with van der Waals surface area (Å²) < 4.78 is 0. The van der Waals surface area contributed by atoms with Gasteiger partial charge >= 0.3 is 6.03 Å². The van der Waals surface area contributed by atoms with Crippen LogP contribution in [0.25, 0.3) is 0 Å². The number of amides is 2. The molecule has 1 saturated heterocycles. The van der Waals surface area contributed by atoms with Gasteiger partial charge < -0.3 is 14.7 Å². The molecule has 0 aromatic rings. The van der Waals surface area contributed by atoms with Crippen LogP contribution in [0.4, 0.5) is 4.79 Å². The van der Waals surface area contributed by atoms with Crippen molar-refractivity contribution in [1.29, 1.82) is 0 Å². The molecule has 0 N–H and O–H groups in total. The molecule has 2 amide bonds. The second-order valence-corrected chi connectivity index (χ2v) is 4.87. The number of hydrogen-bond acceptors (Lipinski definition) is 2. The van der Waals surface area contributed by atoms with Crippen LogP contribution >= 0.6 is 0 Å². The summed E-state index contributed by atoms with van der Waals surface area (Å²) in [5.74, 6) is 0.756. The minimum Gasteiger partial charge on any atom is -0.331 e. The van der Waals surface area contributed by atoms with E-state index < -0.39 is 0 Å². The monoisotopic (exact) mass is 213 g/mol. The predicted molar refractivity (Wildman–Crippen MR) is 61.9 cm³/mol. The summed E-state index contributed by atoms with van der Waals surface area (Å²) in [7, 11) is 7.84. The van der Waals surface area contributed by atoms with Gasteiger partial charge in [-0.15, -0.1) is 0 Å². The molecule has 4 heteroatoms. The Kier molecular flexibility index (Phi) is 4.39. The molecule has 0 atom stereocenters. The first-order valence-electron chi connectivity index (χ1n) is 5.61. The standard InChI is InChI=1S/C11H23N3O/c1-12(2)9-10-5-7-14(8-6-10)11(15)13(3)4/h10H,5-9H2,1-4H3. The van der Waals surface area contributed by atoms with E-state index in [1.165, 1.54) is 0 Å². The average molecular weight is 213 g/mol. The summed E-state index contributed by atoms with van der Waals surface area (Å²) in [4.78, 5) is 17.5. The van der Waals surface area contributed by atoms with E-state index in [1.54, 1.807) is 4.90 Å². The van der Waals surface area contributed by atoms with Crippen LogP contribution in [0.2, 0.25) is 0 Å². The van der Waals surface area contributed by atoms with Crippen LogP contribution in [0.5, 0.6) is 0 Å². The van der Waals surface area contributed by atoms with Gasteiger partial charge in [0.1, 0.15) is 0 Å². The molecule has 88 valence electrons. The number of carbonyl (C=O) groups is 1. The molecule has 15 heavy (non-hydrogen) atoms. The third-order valence-electron chi connectivity index (χ3n) is 2.89. The van der Waals surface area contributed by atoms with Gasteiger partial charge in [-0.2, -0.15) is 0 Å². The van der Waals surface area contributed by atoms with E-state index in [4.69, 9.17) is 0 Å². The summed E-state index contributed by atoms with van der Waals surface area (Å²) in [6.45, 7) is 2.97. The quantitative estimate of drug-likeness (QED) is 0.682. The zero-order chi connectivity index (χ0) is 11.4. The normalized spacial score (nSPS) is 18.3. The maximum atomic E-state index is 11.7. The number of likely N-dealkylation sites (tertiary alicyclic amines) is 1. The van der Waals surface area contributed by atoms with Gasteiger partial charge in [0.2, 0.25) is 0 Å². The van der Waals surface area contributed by atoms with Gasteiger partial charge in [0.15, 0.2) is 0 Å². The lowest BCUT2D eigenvalue weighted by Gasteiger charge is -2.34. The zero-order valence-electron chi connectivity index (χ0n) is 10.4. The van der Waals surface area contributed by atoms with Crippen molar-refractivity contribution in [2.75, 3.05) is 47.8 Å². The van der Waals surface area contributed by atoms with Crippen molar-refractivity contribution in [3.05, 3.63) is 0 Å². The Bertz CT molecular complexity index is 208. The molecule has 0 saturated carbocycles. The van der Waals surface area contributed by atoms with Crippen LogP contribution in [0.15, 0.2) is 0 Å². The number of urea groups is 1. The molecule has 1 aliphatic rings. The van der Waals surface area contributed by atoms with E-state index >= 15 is 0 Å². The Balaban J connectivity index is 2.32. The molecule has 0 radical (unpaired) electrons. The van der Waals surface area contributed by atoms with Gasteiger partial charge in [-0.25, -0.2) is 4.79 Å². The van der Waals surface area contributed by atoms with Crippen LogP contribution < -0.4 is 0 Å². The minimum absolute atomic E-state index is 0.151. The number of hydrogen-bond donors (Lipinski definition) is 0. The third kappa shape index (κ3) is 3.70. The minimum atomic E-state index is 0.151. The first-order chi connectivity index (χ1) is 7.00. The molecule has 0 spiro atoms. The fourth-order valence-corrected chi connectivity index (χ4v) is 2.11. The molecule has 1 heterocycles. The molecule has 0 aromatic heterocycles. The molecule has 0 bridgehead atoms. The van der Waals surface area contributed by atoms with E-state index in [-0.39, 0.29) is 6.03 Å². The Morgan fingerprint density at radius 1 is 1.20 bits per heavy atom. The van der Waals surface area contributed by atoms with Gasteiger partial charge in [0.25, 0.3) is 0 Å². The topological polar surface area (TPSA) is 26.8 Å². The molecular weight excluding hydrogens is 190 g/mol. The Labute approximate surface area is 92.8 Å². The van der Waals surface area contributed by atoms with Crippen LogP contribution in [-0.2, 0) is 0 Å². The molecule has 0 aromatic carbocycles. The third-order valence-corrected chi connectivity index (χ3v) is 2.89. The van der Waals surface area contributed by atoms with Crippen molar-refractivity contribution in [3.63, 3.8) is 0 Å². The summed E-state index contributed by atoms with van der Waals surface area (Å²) >= 11 is 0. The van der Waals surface area contributed by atoms with Crippen molar-refractivity contribution in [2.45, 2.75) is 12.8 Å². The van der Waals surface area contributed by atoms with Crippen LogP contribution in [0, 0.1) is 5.92 Å². The smallest absolute Gasteiger partial charge is 0.319 e. The fraction of sp³-hybridized carbons (Fsp3) is 0.909. The van der Waals surface area contributed by atoms with E-state index in [2.05, 4.69) is 19.0 Å². The van der Waals surface area contributed by atoms with E-state index in [0.717, 1.165) is 38.4 Å². The lowest BCUT2D eigenvalue weighted by atomic mass is 9.97. The van der Waals surface area contributed by atoms with E-state index in [1.807, 2.05) is 19.0 Å². The van der Waals surface area contributed by atoms with Crippen LogP contribution in [-0.4, -0.2) is 68.6 Å². The predicted octanol–water partition coefficient (Wildman–Crippen LogP) is 0.942. The maximum Gasteiger partial charge on any atom is 0.319 e. The van der Waals surface area contributed by atoms with Gasteiger partial charge in [0, 0.05) is 33.7 Å². The van der Waals surface area contributed by atoms with Crippen molar-refractivity contribution in [2.24, 2.45) is 5.92 Å². The van der Waals surface area contributed by atoms with Crippen molar-refractivity contribution < 1.29 is 4.79 Å². The number of rotatable bonds is 2. The molecular formula is C11H23N3O. The van der Waals surface area contributed by atoms with Crippen LogP contribution in [0.3, 0.4) is 0 Å². The highest BCUT2D eigenvalue weighted by molar-refractivity contribution is 5.73. The fourth-order valence-electron chi connectivity index (χ4n) is 2.11. The largest absolute Gasteiger partial charge is 0.331 e. The second-order valence-electron chi connectivity index (χ2n) is 4.87. The first-order valence-corrected chi connectivity index (χ1v) is 5.61. The van der Waals surface area contributed by atoms with Crippen LogP contribution in [0.1, 0.15) is 12.8 Å². The number of piperidine rings is 1. The number of nitrogens with zero attached hydrogens (tertiary/aromatic N) is 3. The van der Waals surface area contributed by atoms with Crippen molar-refractivity contribution in [1.82, 2.24) is 14.7 Å². The first kappa shape index (κ1) is 12.3. The van der Waals surface area contributed by atoms with Gasteiger partial charge in [-0.1, -0.05) is 0 Å². The molecule has 0 unspecified atom stereocenters. The highest BCUT2D eigenvalue weighted by atomic mass is 16.2. The Hall–Kier alpha value is -0.770. The number of carbonyl (C=O) groups excluding carboxylic acids is 1. The molecule has 1 aliphatic heterocycles. The van der Waals surface area contributed by atoms with E-state index in [0.29, 0.717) is 0 Å². The zero-order valence-corrected chi connectivity index (χ0v) is 10.4. The Morgan fingerprint density at radius 3 is 2.13 bits per heavy atom. The molecule has 4 nitrogen and oxygen atoms in total. The molecule has 0 aliphatic carbocycles. The van der Waals surface area contributed by atoms with E-state index in [9.17, 15) is 4.79 Å².